The number of halogens is 3. The summed E-state index contributed by atoms with van der Waals surface area (Å²) in [7, 11) is 0. The SMILES string of the molecule is Clc1c2ccccc2c(Cl)c2c(Br)cccc12. The van der Waals surface area contributed by atoms with Crippen molar-refractivity contribution in [3.63, 3.8) is 0 Å². The Morgan fingerprint density at radius 1 is 0.706 bits per heavy atom. The van der Waals surface area contributed by atoms with Crippen LogP contribution in [-0.2, 0) is 0 Å². The second-order valence-corrected chi connectivity index (χ2v) is 5.45. The predicted molar refractivity (Wildman–Crippen MR) is 79.2 cm³/mol. The first-order chi connectivity index (χ1) is 8.20. The molecule has 0 aliphatic carbocycles. The first-order valence-electron chi connectivity index (χ1n) is 5.14. The second-order valence-electron chi connectivity index (χ2n) is 3.84. The summed E-state index contributed by atoms with van der Waals surface area (Å²) < 4.78 is 0.965. The highest BCUT2D eigenvalue weighted by Gasteiger charge is 2.12. The van der Waals surface area contributed by atoms with Gasteiger partial charge < -0.3 is 0 Å². The highest BCUT2D eigenvalue weighted by Crippen LogP contribution is 2.41. The van der Waals surface area contributed by atoms with Crippen molar-refractivity contribution in [1.29, 1.82) is 0 Å². The third-order valence-electron chi connectivity index (χ3n) is 2.87. The van der Waals surface area contributed by atoms with E-state index in [1.165, 1.54) is 0 Å². The van der Waals surface area contributed by atoms with Crippen LogP contribution in [0.25, 0.3) is 21.5 Å². The van der Waals surface area contributed by atoms with E-state index in [4.69, 9.17) is 23.2 Å². The van der Waals surface area contributed by atoms with Gasteiger partial charge in [-0.05, 0) is 6.07 Å². The molecule has 0 aliphatic rings. The molecule has 0 saturated carbocycles. The van der Waals surface area contributed by atoms with Crippen LogP contribution < -0.4 is 0 Å². The van der Waals surface area contributed by atoms with Crippen LogP contribution in [0.1, 0.15) is 0 Å². The molecular formula is C14H7BrCl2. The third-order valence-corrected chi connectivity index (χ3v) is 4.33. The van der Waals surface area contributed by atoms with Gasteiger partial charge in [-0.3, -0.25) is 0 Å². The van der Waals surface area contributed by atoms with Crippen LogP contribution >= 0.6 is 39.1 Å². The van der Waals surface area contributed by atoms with Gasteiger partial charge in [0.05, 0.1) is 10.0 Å². The fourth-order valence-corrected chi connectivity index (χ4v) is 3.45. The van der Waals surface area contributed by atoms with E-state index in [2.05, 4.69) is 15.9 Å². The molecular weight excluding hydrogens is 319 g/mol. The summed E-state index contributed by atoms with van der Waals surface area (Å²) in [6, 6.07) is 13.8. The van der Waals surface area contributed by atoms with E-state index >= 15 is 0 Å². The minimum Gasteiger partial charge on any atom is -0.0830 e. The molecule has 0 saturated heterocycles. The van der Waals surface area contributed by atoms with Gasteiger partial charge in [0.1, 0.15) is 0 Å². The maximum atomic E-state index is 6.46. The van der Waals surface area contributed by atoms with E-state index in [0.29, 0.717) is 0 Å². The molecule has 0 amide bonds. The van der Waals surface area contributed by atoms with Crippen molar-refractivity contribution >= 4 is 60.7 Å². The molecule has 0 aliphatic heterocycles. The summed E-state index contributed by atoms with van der Waals surface area (Å²) >= 11 is 16.4. The number of rotatable bonds is 0. The van der Waals surface area contributed by atoms with Crippen molar-refractivity contribution in [2.75, 3.05) is 0 Å². The van der Waals surface area contributed by atoms with Gasteiger partial charge in [-0.1, -0.05) is 75.5 Å². The van der Waals surface area contributed by atoms with Gasteiger partial charge in [-0.25, -0.2) is 0 Å². The number of benzene rings is 3. The van der Waals surface area contributed by atoms with Crippen LogP contribution in [0.15, 0.2) is 46.9 Å². The summed E-state index contributed by atoms with van der Waals surface area (Å²) in [6.07, 6.45) is 0. The van der Waals surface area contributed by atoms with Crippen molar-refractivity contribution in [3.8, 4) is 0 Å². The van der Waals surface area contributed by atoms with Crippen molar-refractivity contribution in [2.24, 2.45) is 0 Å². The molecule has 3 rings (SSSR count). The Kier molecular flexibility index (Phi) is 2.78. The molecule has 3 heteroatoms. The lowest BCUT2D eigenvalue weighted by atomic mass is 10.0. The average Bonchev–Trinajstić information content (AvgIpc) is 2.36. The number of hydrogen-bond acceptors (Lipinski definition) is 0. The Morgan fingerprint density at radius 2 is 1.29 bits per heavy atom. The molecule has 0 aromatic heterocycles. The highest BCUT2D eigenvalue weighted by molar-refractivity contribution is 9.10. The molecule has 0 nitrogen and oxygen atoms in total. The fraction of sp³-hybridized carbons (Fsp3) is 0. The van der Waals surface area contributed by atoms with Gasteiger partial charge >= 0.3 is 0 Å². The molecule has 84 valence electrons. The maximum Gasteiger partial charge on any atom is 0.0575 e. The van der Waals surface area contributed by atoms with Crippen molar-refractivity contribution in [1.82, 2.24) is 0 Å². The predicted octanol–water partition coefficient (Wildman–Crippen LogP) is 6.06. The van der Waals surface area contributed by atoms with Crippen LogP contribution in [0.2, 0.25) is 10.0 Å². The molecule has 0 heterocycles. The lowest BCUT2D eigenvalue weighted by molar-refractivity contribution is 1.73. The largest absolute Gasteiger partial charge is 0.0830 e. The Labute approximate surface area is 117 Å². The van der Waals surface area contributed by atoms with E-state index in [9.17, 15) is 0 Å². The standard InChI is InChI=1S/C14H7BrCl2/c15-11-7-3-6-10-12(11)14(17)9-5-2-1-4-8(9)13(10)16/h1-7H. The van der Waals surface area contributed by atoms with Crippen LogP contribution in [-0.4, -0.2) is 0 Å². The van der Waals surface area contributed by atoms with Gasteiger partial charge in [0.15, 0.2) is 0 Å². The third kappa shape index (κ3) is 1.65. The molecule has 0 radical (unpaired) electrons. The molecule has 17 heavy (non-hydrogen) atoms. The topological polar surface area (TPSA) is 0 Å². The van der Waals surface area contributed by atoms with E-state index in [1.54, 1.807) is 0 Å². The van der Waals surface area contributed by atoms with Gasteiger partial charge in [-0.15, -0.1) is 0 Å². The van der Waals surface area contributed by atoms with Crippen LogP contribution in [0.3, 0.4) is 0 Å². The Hall–Kier alpha value is -0.760. The van der Waals surface area contributed by atoms with Crippen LogP contribution in [0, 0.1) is 0 Å². The van der Waals surface area contributed by atoms with E-state index in [1.807, 2.05) is 42.5 Å². The van der Waals surface area contributed by atoms with Crippen LogP contribution in [0.5, 0.6) is 0 Å². The Morgan fingerprint density at radius 3 is 2.00 bits per heavy atom. The van der Waals surface area contributed by atoms with Gasteiger partial charge in [0.25, 0.3) is 0 Å². The van der Waals surface area contributed by atoms with E-state index < -0.39 is 0 Å². The first kappa shape index (κ1) is 11.3. The molecule has 0 atom stereocenters. The second kappa shape index (κ2) is 4.16. The molecule has 0 spiro atoms. The zero-order chi connectivity index (χ0) is 12.0. The quantitative estimate of drug-likeness (QED) is 0.440. The van der Waals surface area contributed by atoms with Crippen molar-refractivity contribution < 1.29 is 0 Å². The Balaban J connectivity index is 2.69. The molecule has 0 fully saturated rings. The number of fused-ring (bicyclic) bond motifs is 2. The maximum absolute atomic E-state index is 6.46. The molecule has 0 N–H and O–H groups in total. The van der Waals surface area contributed by atoms with Gasteiger partial charge in [-0.2, -0.15) is 0 Å². The normalized spacial score (nSPS) is 11.2. The smallest absolute Gasteiger partial charge is 0.0575 e. The van der Waals surface area contributed by atoms with E-state index in [-0.39, 0.29) is 0 Å². The highest BCUT2D eigenvalue weighted by atomic mass is 79.9. The van der Waals surface area contributed by atoms with Crippen molar-refractivity contribution in [3.05, 3.63) is 57.0 Å². The fourth-order valence-electron chi connectivity index (χ4n) is 2.08. The molecule has 3 aromatic carbocycles. The lowest BCUT2D eigenvalue weighted by Gasteiger charge is -2.10. The summed E-state index contributed by atoms with van der Waals surface area (Å²) in [4.78, 5) is 0. The zero-order valence-electron chi connectivity index (χ0n) is 8.68. The molecule has 0 bridgehead atoms. The van der Waals surface area contributed by atoms with Gasteiger partial charge in [0.2, 0.25) is 0 Å². The molecule has 3 aromatic rings. The first-order valence-corrected chi connectivity index (χ1v) is 6.69. The van der Waals surface area contributed by atoms with Crippen molar-refractivity contribution in [2.45, 2.75) is 0 Å². The summed E-state index contributed by atoms with van der Waals surface area (Å²) in [6.45, 7) is 0. The zero-order valence-corrected chi connectivity index (χ0v) is 11.8. The molecule has 0 unspecified atom stereocenters. The number of hydrogen-bond donors (Lipinski definition) is 0. The van der Waals surface area contributed by atoms with Gasteiger partial charge in [0, 0.05) is 26.0 Å². The summed E-state index contributed by atoms with van der Waals surface area (Å²) in [5.41, 5.74) is 0. The lowest BCUT2D eigenvalue weighted by Crippen LogP contribution is -1.83. The van der Waals surface area contributed by atoms with E-state index in [0.717, 1.165) is 36.1 Å². The summed E-state index contributed by atoms with van der Waals surface area (Å²) in [5.74, 6) is 0. The van der Waals surface area contributed by atoms with Crippen LogP contribution in [0.4, 0.5) is 0 Å². The monoisotopic (exact) mass is 324 g/mol. The average molecular weight is 326 g/mol. The summed E-state index contributed by atoms with van der Waals surface area (Å²) in [5, 5.41) is 5.42. The minimum absolute atomic E-state index is 0.743. The minimum atomic E-state index is 0.743. The Bertz CT molecular complexity index is 735.